The topological polar surface area (TPSA) is 28.2 Å². The summed E-state index contributed by atoms with van der Waals surface area (Å²) in [7, 11) is 0. The smallest absolute Gasteiger partial charge is 0.133 e. The average Bonchev–Trinajstić information content (AvgIpc) is 2.41. The van der Waals surface area contributed by atoms with Crippen LogP contribution in [0.4, 0.5) is 5.82 Å². The van der Waals surface area contributed by atoms with E-state index in [1.165, 1.54) is 5.56 Å². The van der Waals surface area contributed by atoms with Crippen LogP contribution in [-0.2, 0) is 6.54 Å². The number of rotatable bonds is 8. The molecule has 0 aliphatic rings. The molecule has 0 saturated carbocycles. The third kappa shape index (κ3) is 4.77. The highest BCUT2D eigenvalue weighted by Gasteiger charge is 2.16. The van der Waals surface area contributed by atoms with Gasteiger partial charge >= 0.3 is 0 Å². The van der Waals surface area contributed by atoms with Crippen molar-refractivity contribution in [1.82, 2.24) is 10.3 Å². The maximum Gasteiger partial charge on any atom is 0.133 e. The Kier molecular flexibility index (Phi) is 7.39. The van der Waals surface area contributed by atoms with E-state index in [4.69, 9.17) is 0 Å². The normalized spacial score (nSPS) is 12.5. The molecule has 0 radical (unpaired) electrons. The van der Waals surface area contributed by atoms with Gasteiger partial charge in [-0.2, -0.15) is 0 Å². The van der Waals surface area contributed by atoms with Gasteiger partial charge in [-0.05, 0) is 55.2 Å². The summed E-state index contributed by atoms with van der Waals surface area (Å²) in [5.41, 5.74) is 1.27. The van der Waals surface area contributed by atoms with Gasteiger partial charge in [0.15, 0.2) is 0 Å². The quantitative estimate of drug-likeness (QED) is 0.732. The van der Waals surface area contributed by atoms with Gasteiger partial charge in [0.2, 0.25) is 0 Å². The van der Waals surface area contributed by atoms with Gasteiger partial charge in [0, 0.05) is 35.4 Å². The summed E-state index contributed by atoms with van der Waals surface area (Å²) < 4.78 is 1.05. The second-order valence-corrected chi connectivity index (χ2v) is 5.77. The van der Waals surface area contributed by atoms with Gasteiger partial charge in [-0.3, -0.25) is 0 Å². The van der Waals surface area contributed by atoms with Gasteiger partial charge in [-0.1, -0.05) is 13.8 Å². The van der Waals surface area contributed by atoms with Crippen molar-refractivity contribution in [2.45, 2.75) is 53.1 Å². The minimum absolute atomic E-state index is 0.517. The second-order valence-electron chi connectivity index (χ2n) is 4.86. The van der Waals surface area contributed by atoms with Crippen LogP contribution in [0.3, 0.4) is 0 Å². The van der Waals surface area contributed by atoms with Gasteiger partial charge in [-0.15, -0.1) is 0 Å². The minimum Gasteiger partial charge on any atom is -0.354 e. The Morgan fingerprint density at radius 3 is 2.68 bits per heavy atom. The molecule has 1 aromatic heterocycles. The zero-order valence-corrected chi connectivity index (χ0v) is 14.1. The van der Waals surface area contributed by atoms with Crippen molar-refractivity contribution in [2.24, 2.45) is 0 Å². The molecule has 0 aromatic carbocycles. The van der Waals surface area contributed by atoms with E-state index in [1.54, 1.807) is 0 Å². The zero-order valence-electron chi connectivity index (χ0n) is 12.5. The van der Waals surface area contributed by atoms with Gasteiger partial charge in [0.1, 0.15) is 5.82 Å². The molecule has 4 heteroatoms. The van der Waals surface area contributed by atoms with Crippen LogP contribution >= 0.6 is 15.9 Å². The Bertz CT molecular complexity index is 382. The molecular weight excluding hydrogens is 302 g/mol. The van der Waals surface area contributed by atoms with Gasteiger partial charge < -0.3 is 10.2 Å². The first-order valence-electron chi connectivity index (χ1n) is 7.25. The summed E-state index contributed by atoms with van der Waals surface area (Å²) in [5, 5.41) is 3.47. The average molecular weight is 328 g/mol. The number of aromatic nitrogens is 1. The number of nitrogens with one attached hydrogen (secondary N) is 1. The Hall–Kier alpha value is -0.610. The molecule has 1 rings (SSSR count). The number of hydrogen-bond donors (Lipinski definition) is 1. The van der Waals surface area contributed by atoms with Gasteiger partial charge in [0.25, 0.3) is 0 Å². The first-order valence-corrected chi connectivity index (χ1v) is 8.05. The summed E-state index contributed by atoms with van der Waals surface area (Å²) in [4.78, 5) is 7.02. The van der Waals surface area contributed by atoms with Crippen LogP contribution < -0.4 is 10.2 Å². The second kappa shape index (κ2) is 8.54. The van der Waals surface area contributed by atoms with Crippen molar-refractivity contribution >= 4 is 21.7 Å². The highest BCUT2D eigenvalue weighted by molar-refractivity contribution is 9.10. The lowest BCUT2D eigenvalue weighted by Crippen LogP contribution is -2.34. The lowest BCUT2D eigenvalue weighted by atomic mass is 10.1. The molecule has 0 fully saturated rings. The number of halogens is 1. The third-order valence-corrected chi connectivity index (χ3v) is 3.82. The Labute approximate surface area is 125 Å². The van der Waals surface area contributed by atoms with Crippen LogP contribution in [0.2, 0.25) is 0 Å². The maximum atomic E-state index is 4.64. The highest BCUT2D eigenvalue weighted by Crippen LogP contribution is 2.24. The van der Waals surface area contributed by atoms with Crippen molar-refractivity contribution in [3.05, 3.63) is 22.3 Å². The fourth-order valence-corrected chi connectivity index (χ4v) is 2.53. The number of nitrogens with zero attached hydrogens (tertiary/aromatic N) is 2. The predicted octanol–water partition coefficient (Wildman–Crippen LogP) is 3.97. The maximum absolute atomic E-state index is 4.64. The SMILES string of the molecule is CCCNCc1cc(Br)cnc1N(CC)C(C)CC. The third-order valence-electron chi connectivity index (χ3n) is 3.39. The summed E-state index contributed by atoms with van der Waals surface area (Å²) in [5.74, 6) is 1.11. The monoisotopic (exact) mass is 327 g/mol. The van der Waals surface area contributed by atoms with E-state index >= 15 is 0 Å². The van der Waals surface area contributed by atoms with Crippen molar-refractivity contribution in [1.29, 1.82) is 0 Å². The molecule has 3 nitrogen and oxygen atoms in total. The van der Waals surface area contributed by atoms with Crippen LogP contribution in [-0.4, -0.2) is 24.1 Å². The molecular formula is C15H26BrN3. The molecule has 0 spiro atoms. The van der Waals surface area contributed by atoms with Crippen molar-refractivity contribution in [3.8, 4) is 0 Å². The minimum atomic E-state index is 0.517. The molecule has 0 aliphatic heterocycles. The first-order chi connectivity index (χ1) is 9.13. The number of pyridine rings is 1. The molecule has 0 aliphatic carbocycles. The fourth-order valence-electron chi connectivity index (χ4n) is 2.15. The first kappa shape index (κ1) is 16.4. The summed E-state index contributed by atoms with van der Waals surface area (Å²) in [6, 6.07) is 2.69. The van der Waals surface area contributed by atoms with E-state index in [-0.39, 0.29) is 0 Å². The van der Waals surface area contributed by atoms with E-state index < -0.39 is 0 Å². The Balaban J connectivity index is 2.96. The lowest BCUT2D eigenvalue weighted by Gasteiger charge is -2.30. The van der Waals surface area contributed by atoms with Crippen LogP contribution in [0.5, 0.6) is 0 Å². The molecule has 108 valence electrons. The van der Waals surface area contributed by atoms with Crippen LogP contribution in [0, 0.1) is 0 Å². The van der Waals surface area contributed by atoms with E-state index in [0.29, 0.717) is 6.04 Å². The summed E-state index contributed by atoms with van der Waals surface area (Å²) >= 11 is 3.52. The van der Waals surface area contributed by atoms with E-state index in [9.17, 15) is 0 Å². The van der Waals surface area contributed by atoms with Gasteiger partial charge in [0.05, 0.1) is 0 Å². The molecule has 1 unspecified atom stereocenters. The van der Waals surface area contributed by atoms with Crippen LogP contribution in [0.1, 0.15) is 46.1 Å². The summed E-state index contributed by atoms with van der Waals surface area (Å²) in [6.45, 7) is 11.8. The van der Waals surface area contributed by atoms with Crippen molar-refractivity contribution < 1.29 is 0 Å². The molecule has 1 heterocycles. The number of anilines is 1. The molecule has 1 atom stereocenters. The fraction of sp³-hybridized carbons (Fsp3) is 0.667. The molecule has 0 saturated heterocycles. The van der Waals surface area contributed by atoms with E-state index in [2.05, 4.69) is 64.9 Å². The lowest BCUT2D eigenvalue weighted by molar-refractivity contribution is 0.612. The van der Waals surface area contributed by atoms with Crippen LogP contribution in [0.15, 0.2) is 16.7 Å². The zero-order chi connectivity index (χ0) is 14.3. The molecule has 0 bridgehead atoms. The molecule has 0 amide bonds. The van der Waals surface area contributed by atoms with E-state index in [0.717, 1.165) is 42.8 Å². The van der Waals surface area contributed by atoms with E-state index in [1.807, 2.05) is 6.20 Å². The molecule has 1 N–H and O–H groups in total. The largest absolute Gasteiger partial charge is 0.354 e. The predicted molar refractivity (Wildman–Crippen MR) is 86.7 cm³/mol. The number of hydrogen-bond acceptors (Lipinski definition) is 3. The Morgan fingerprint density at radius 1 is 1.37 bits per heavy atom. The van der Waals surface area contributed by atoms with Gasteiger partial charge in [-0.25, -0.2) is 4.98 Å². The van der Waals surface area contributed by atoms with Crippen molar-refractivity contribution in [3.63, 3.8) is 0 Å². The Morgan fingerprint density at radius 2 is 2.11 bits per heavy atom. The summed E-state index contributed by atoms with van der Waals surface area (Å²) in [6.07, 6.45) is 4.18. The molecule has 19 heavy (non-hydrogen) atoms. The molecule has 1 aromatic rings. The highest BCUT2D eigenvalue weighted by atomic mass is 79.9. The van der Waals surface area contributed by atoms with Crippen molar-refractivity contribution in [2.75, 3.05) is 18.0 Å². The standard InChI is InChI=1S/C15H26BrN3/c1-5-8-17-10-13-9-14(16)11-18-15(13)19(7-3)12(4)6-2/h9,11-12,17H,5-8,10H2,1-4H3. The van der Waals surface area contributed by atoms with Crippen LogP contribution in [0.25, 0.3) is 0 Å².